The van der Waals surface area contributed by atoms with Gasteiger partial charge in [0, 0.05) is 16.9 Å². The van der Waals surface area contributed by atoms with Crippen molar-refractivity contribution in [3.63, 3.8) is 0 Å². The molecule has 19 heavy (non-hydrogen) atoms. The zero-order valence-electron chi connectivity index (χ0n) is 10.5. The lowest BCUT2D eigenvalue weighted by Gasteiger charge is -2.09. The fourth-order valence-electron chi connectivity index (χ4n) is 1.46. The second-order valence-electron chi connectivity index (χ2n) is 4.38. The molecular formula is C12H16BrCl2NO2S. The van der Waals surface area contributed by atoms with E-state index in [1.165, 1.54) is 12.1 Å². The Morgan fingerprint density at radius 3 is 2.68 bits per heavy atom. The Bertz CT molecular complexity index is 522. The first-order valence-electron chi connectivity index (χ1n) is 5.87. The minimum atomic E-state index is -3.48. The van der Waals surface area contributed by atoms with Crippen LogP contribution in [0.3, 0.4) is 0 Å². The fraction of sp³-hybridized carbons (Fsp3) is 0.500. The molecule has 1 aromatic carbocycles. The van der Waals surface area contributed by atoms with Gasteiger partial charge in [-0.05, 0) is 52.9 Å². The Labute approximate surface area is 132 Å². The molecule has 0 fully saturated rings. The molecule has 0 aliphatic carbocycles. The highest BCUT2D eigenvalue weighted by Gasteiger charge is 2.14. The summed E-state index contributed by atoms with van der Waals surface area (Å²) in [7, 11) is -3.48. The van der Waals surface area contributed by atoms with Crippen LogP contribution in [0, 0.1) is 5.92 Å². The minimum absolute atomic E-state index is 0.203. The van der Waals surface area contributed by atoms with E-state index in [4.69, 9.17) is 23.2 Å². The van der Waals surface area contributed by atoms with Crippen molar-refractivity contribution in [2.45, 2.75) is 24.7 Å². The number of halogens is 3. The highest BCUT2D eigenvalue weighted by atomic mass is 79.9. The summed E-state index contributed by atoms with van der Waals surface area (Å²) >= 11 is 14.7. The van der Waals surface area contributed by atoms with Crippen molar-refractivity contribution >= 4 is 49.2 Å². The largest absolute Gasteiger partial charge is 0.240 e. The molecule has 1 unspecified atom stereocenters. The lowest BCUT2D eigenvalue weighted by Crippen LogP contribution is -2.25. The number of hydrogen-bond acceptors (Lipinski definition) is 2. The zero-order chi connectivity index (χ0) is 14.5. The molecule has 0 amide bonds. The third kappa shape index (κ3) is 5.60. The molecule has 1 N–H and O–H groups in total. The molecule has 1 rings (SSSR count). The Hall–Kier alpha value is 0.190. The van der Waals surface area contributed by atoms with Gasteiger partial charge in [-0.2, -0.15) is 0 Å². The summed E-state index contributed by atoms with van der Waals surface area (Å²) < 4.78 is 27.1. The van der Waals surface area contributed by atoms with Crippen LogP contribution in [0.15, 0.2) is 27.6 Å². The highest BCUT2D eigenvalue weighted by Crippen LogP contribution is 2.25. The fourth-order valence-corrected chi connectivity index (χ4v) is 3.36. The molecule has 1 aromatic rings. The molecule has 7 heteroatoms. The number of hydrogen-bond donors (Lipinski definition) is 1. The van der Waals surface area contributed by atoms with Gasteiger partial charge in [0.1, 0.15) is 0 Å². The summed E-state index contributed by atoms with van der Waals surface area (Å²) in [4.78, 5) is 0.203. The van der Waals surface area contributed by atoms with Gasteiger partial charge in [-0.1, -0.05) is 18.5 Å². The number of alkyl halides is 1. The van der Waals surface area contributed by atoms with Crippen LogP contribution in [-0.2, 0) is 10.0 Å². The molecule has 0 spiro atoms. The smallest absolute Gasteiger partial charge is 0.211 e. The van der Waals surface area contributed by atoms with Gasteiger partial charge in [0.05, 0.1) is 9.92 Å². The summed E-state index contributed by atoms with van der Waals surface area (Å²) in [5.74, 6) is 0.993. The first-order chi connectivity index (χ1) is 8.86. The van der Waals surface area contributed by atoms with E-state index in [2.05, 4.69) is 20.7 Å². The van der Waals surface area contributed by atoms with Crippen molar-refractivity contribution in [1.29, 1.82) is 0 Å². The first kappa shape index (κ1) is 17.2. The second-order valence-corrected chi connectivity index (χ2v) is 7.71. The summed E-state index contributed by atoms with van der Waals surface area (Å²) in [5.41, 5.74) is 0. The van der Waals surface area contributed by atoms with Crippen LogP contribution in [0.25, 0.3) is 0 Å². The van der Waals surface area contributed by atoms with Gasteiger partial charge >= 0.3 is 0 Å². The van der Waals surface area contributed by atoms with E-state index in [9.17, 15) is 8.42 Å². The molecule has 0 heterocycles. The normalized spacial score (nSPS) is 13.5. The molecular weight excluding hydrogens is 373 g/mol. The van der Waals surface area contributed by atoms with Gasteiger partial charge < -0.3 is 0 Å². The maximum atomic E-state index is 12.0. The van der Waals surface area contributed by atoms with Crippen LogP contribution in [0.1, 0.15) is 19.8 Å². The molecule has 108 valence electrons. The molecule has 3 nitrogen and oxygen atoms in total. The monoisotopic (exact) mass is 387 g/mol. The molecule has 0 radical (unpaired) electrons. The van der Waals surface area contributed by atoms with Crippen molar-refractivity contribution in [2.75, 3.05) is 12.4 Å². The maximum Gasteiger partial charge on any atom is 0.240 e. The van der Waals surface area contributed by atoms with Crippen LogP contribution in [0.5, 0.6) is 0 Å². The van der Waals surface area contributed by atoms with Crippen molar-refractivity contribution < 1.29 is 8.42 Å². The minimum Gasteiger partial charge on any atom is -0.211 e. The lowest BCUT2D eigenvalue weighted by molar-refractivity contribution is 0.543. The first-order valence-corrected chi connectivity index (χ1v) is 9.06. The predicted octanol–water partition coefficient (Wildman–Crippen LogP) is 4.04. The Morgan fingerprint density at radius 2 is 2.11 bits per heavy atom. The van der Waals surface area contributed by atoms with Gasteiger partial charge in [-0.25, -0.2) is 13.1 Å². The lowest BCUT2D eigenvalue weighted by atomic mass is 10.1. The Balaban J connectivity index is 2.58. The van der Waals surface area contributed by atoms with Crippen molar-refractivity contribution in [2.24, 2.45) is 5.92 Å². The summed E-state index contributed by atoms with van der Waals surface area (Å²) in [6, 6.07) is 4.53. The maximum absolute atomic E-state index is 12.0. The van der Waals surface area contributed by atoms with Gasteiger partial charge in [-0.3, -0.25) is 0 Å². The van der Waals surface area contributed by atoms with Crippen LogP contribution in [0.2, 0.25) is 5.02 Å². The Morgan fingerprint density at radius 1 is 1.42 bits per heavy atom. The summed E-state index contributed by atoms with van der Waals surface area (Å²) in [6.07, 6.45) is 1.66. The topological polar surface area (TPSA) is 46.2 Å². The standard InChI is InChI=1S/C12H16BrCl2NO2S/c1-9(8-14)3-2-6-16-19(17,18)10-4-5-12(15)11(13)7-10/h4-5,7,9,16H,2-3,6,8H2,1H3. The van der Waals surface area contributed by atoms with Crippen molar-refractivity contribution in [3.8, 4) is 0 Å². The van der Waals surface area contributed by atoms with Crippen LogP contribution in [-0.4, -0.2) is 20.8 Å². The second kappa shape index (κ2) is 7.84. The van der Waals surface area contributed by atoms with Gasteiger partial charge in [-0.15, -0.1) is 11.6 Å². The predicted molar refractivity (Wildman–Crippen MR) is 83.5 cm³/mol. The van der Waals surface area contributed by atoms with E-state index in [0.717, 1.165) is 12.8 Å². The van der Waals surface area contributed by atoms with E-state index in [1.54, 1.807) is 6.07 Å². The molecule has 0 aliphatic rings. The molecule has 0 bridgehead atoms. The number of rotatable bonds is 7. The van der Waals surface area contributed by atoms with E-state index in [-0.39, 0.29) is 4.90 Å². The average molecular weight is 389 g/mol. The van der Waals surface area contributed by atoms with Crippen LogP contribution in [0.4, 0.5) is 0 Å². The van der Waals surface area contributed by atoms with Crippen LogP contribution >= 0.6 is 39.1 Å². The number of benzene rings is 1. The number of sulfonamides is 1. The van der Waals surface area contributed by atoms with E-state index < -0.39 is 10.0 Å². The SMILES string of the molecule is CC(CCl)CCCNS(=O)(=O)c1ccc(Cl)c(Br)c1. The molecule has 0 aromatic heterocycles. The third-order valence-electron chi connectivity index (χ3n) is 2.63. The third-order valence-corrected chi connectivity index (χ3v) is 5.83. The summed E-state index contributed by atoms with van der Waals surface area (Å²) in [5, 5.41) is 0.481. The van der Waals surface area contributed by atoms with Crippen LogP contribution < -0.4 is 4.72 Å². The highest BCUT2D eigenvalue weighted by molar-refractivity contribution is 9.10. The Kier molecular flexibility index (Phi) is 7.11. The van der Waals surface area contributed by atoms with E-state index >= 15 is 0 Å². The molecule has 0 aliphatic heterocycles. The molecule has 0 saturated heterocycles. The van der Waals surface area contributed by atoms with Gasteiger partial charge in [0.2, 0.25) is 10.0 Å². The van der Waals surface area contributed by atoms with E-state index in [1.807, 2.05) is 6.92 Å². The van der Waals surface area contributed by atoms with Crippen molar-refractivity contribution in [3.05, 3.63) is 27.7 Å². The molecule has 0 saturated carbocycles. The van der Waals surface area contributed by atoms with Gasteiger partial charge in [0.25, 0.3) is 0 Å². The quantitative estimate of drug-likeness (QED) is 0.566. The zero-order valence-corrected chi connectivity index (χ0v) is 14.4. The average Bonchev–Trinajstić information content (AvgIpc) is 2.37. The van der Waals surface area contributed by atoms with Gasteiger partial charge in [0.15, 0.2) is 0 Å². The molecule has 1 atom stereocenters. The van der Waals surface area contributed by atoms with E-state index in [0.29, 0.717) is 27.8 Å². The van der Waals surface area contributed by atoms with Crippen molar-refractivity contribution in [1.82, 2.24) is 4.72 Å². The number of nitrogens with one attached hydrogen (secondary N) is 1. The summed E-state index contributed by atoms with van der Waals surface area (Å²) in [6.45, 7) is 2.45.